The first kappa shape index (κ1) is 24.8. The number of rotatable bonds is 6. The van der Waals surface area contributed by atoms with E-state index in [1.54, 1.807) is 0 Å². The molecule has 0 spiro atoms. The summed E-state index contributed by atoms with van der Waals surface area (Å²) in [5, 5.41) is 0. The number of imidazole rings is 1. The van der Waals surface area contributed by atoms with Crippen molar-refractivity contribution in [3.63, 3.8) is 0 Å². The highest BCUT2D eigenvalue weighted by Crippen LogP contribution is 2.33. The molecule has 3 aromatic carbocycles. The summed E-state index contributed by atoms with van der Waals surface area (Å²) in [6.45, 7) is 6.56. The number of carbonyl (C=O) groups excluding carboxylic acids is 1. The van der Waals surface area contributed by atoms with Crippen molar-refractivity contribution in [1.29, 1.82) is 0 Å². The van der Waals surface area contributed by atoms with Crippen LogP contribution in [0.5, 0.6) is 5.75 Å². The van der Waals surface area contributed by atoms with E-state index in [2.05, 4.69) is 17.1 Å². The fourth-order valence-electron chi connectivity index (χ4n) is 4.86. The summed E-state index contributed by atoms with van der Waals surface area (Å²) >= 11 is 0. The minimum atomic E-state index is -0.661. The van der Waals surface area contributed by atoms with Crippen LogP contribution in [0.2, 0.25) is 0 Å². The lowest BCUT2D eigenvalue weighted by Gasteiger charge is -2.37. The van der Waals surface area contributed by atoms with E-state index in [4.69, 9.17) is 15.5 Å². The van der Waals surface area contributed by atoms with Crippen LogP contribution in [0.25, 0.3) is 11.3 Å². The molecule has 1 aliphatic rings. The van der Waals surface area contributed by atoms with Crippen LogP contribution in [0.15, 0.2) is 85.1 Å². The first-order chi connectivity index (χ1) is 17.8. The van der Waals surface area contributed by atoms with Gasteiger partial charge in [0.05, 0.1) is 17.8 Å². The molecule has 0 saturated heterocycles. The van der Waals surface area contributed by atoms with Crippen molar-refractivity contribution in [2.45, 2.75) is 57.8 Å². The smallest absolute Gasteiger partial charge is 0.240 e. The third-order valence-corrected chi connectivity index (χ3v) is 6.63. The molecule has 0 radical (unpaired) electrons. The molecule has 1 amide bonds. The average molecular weight is 495 g/mol. The zero-order chi connectivity index (χ0) is 26.0. The van der Waals surface area contributed by atoms with Gasteiger partial charge in [0, 0.05) is 24.7 Å². The lowest BCUT2D eigenvalue weighted by atomic mass is 9.92. The van der Waals surface area contributed by atoms with Crippen molar-refractivity contribution < 1.29 is 9.53 Å². The molecule has 0 aliphatic carbocycles. The van der Waals surface area contributed by atoms with Crippen molar-refractivity contribution in [2.24, 2.45) is 5.73 Å². The van der Waals surface area contributed by atoms with Crippen molar-refractivity contribution in [2.75, 3.05) is 0 Å². The van der Waals surface area contributed by atoms with E-state index in [0.29, 0.717) is 19.4 Å². The second-order valence-electron chi connectivity index (χ2n) is 10.7. The van der Waals surface area contributed by atoms with Gasteiger partial charge in [0.2, 0.25) is 5.91 Å². The van der Waals surface area contributed by atoms with E-state index >= 15 is 0 Å². The minimum Gasteiger partial charge on any atom is -0.488 e. The fourth-order valence-corrected chi connectivity index (χ4v) is 4.86. The highest BCUT2D eigenvalue weighted by atomic mass is 16.5. The fraction of sp³-hybridized carbons (Fsp3) is 0.290. The molecule has 37 heavy (non-hydrogen) atoms. The van der Waals surface area contributed by atoms with Gasteiger partial charge >= 0.3 is 0 Å². The number of carbonyl (C=O) groups is 1. The number of fused-ring (bicyclic) bond motifs is 1. The molecule has 3 N–H and O–H groups in total. The van der Waals surface area contributed by atoms with E-state index in [-0.39, 0.29) is 17.6 Å². The summed E-state index contributed by atoms with van der Waals surface area (Å²) in [6.07, 6.45) is 3.05. The predicted octanol–water partition coefficient (Wildman–Crippen LogP) is 5.45. The molecular weight excluding hydrogens is 460 g/mol. The van der Waals surface area contributed by atoms with Gasteiger partial charge in [-0.2, -0.15) is 0 Å². The zero-order valence-electron chi connectivity index (χ0n) is 21.6. The molecule has 2 atom stereocenters. The van der Waals surface area contributed by atoms with Crippen LogP contribution >= 0.6 is 0 Å². The molecule has 1 aliphatic heterocycles. The second kappa shape index (κ2) is 10.2. The maximum atomic E-state index is 13.8. The zero-order valence-corrected chi connectivity index (χ0v) is 21.6. The lowest BCUT2D eigenvalue weighted by molar-refractivity contribution is -0.136. The van der Waals surface area contributed by atoms with Crippen LogP contribution in [0, 0.1) is 0 Å². The number of nitrogens with one attached hydrogen (secondary N) is 1. The summed E-state index contributed by atoms with van der Waals surface area (Å²) in [6, 6.07) is 25.3. The van der Waals surface area contributed by atoms with Crippen LogP contribution in [-0.2, 0) is 24.2 Å². The maximum Gasteiger partial charge on any atom is 0.240 e. The Bertz CT molecular complexity index is 1360. The highest BCUT2D eigenvalue weighted by Gasteiger charge is 2.35. The Morgan fingerprint density at radius 2 is 1.70 bits per heavy atom. The van der Waals surface area contributed by atoms with Gasteiger partial charge in [-0.15, -0.1) is 0 Å². The molecule has 4 aromatic rings. The van der Waals surface area contributed by atoms with Gasteiger partial charge in [-0.1, -0.05) is 66.7 Å². The Labute approximate surface area is 218 Å². The van der Waals surface area contributed by atoms with Crippen LogP contribution in [0.1, 0.15) is 49.3 Å². The van der Waals surface area contributed by atoms with E-state index in [0.717, 1.165) is 34.0 Å². The SMILES string of the molecule is CC(C)(C)Oc1ccc(C[C@H](N)C(=O)N2Cc3ccccc3C[C@H]2c2nc(-c3ccccc3)c[nH]2)cc1. The first-order valence-electron chi connectivity index (χ1n) is 12.8. The number of benzene rings is 3. The highest BCUT2D eigenvalue weighted by molar-refractivity contribution is 5.82. The number of aromatic amines is 1. The van der Waals surface area contributed by atoms with Crippen molar-refractivity contribution in [3.8, 4) is 17.0 Å². The Kier molecular flexibility index (Phi) is 6.85. The molecule has 0 unspecified atom stereocenters. The van der Waals surface area contributed by atoms with Crippen LogP contribution in [0.3, 0.4) is 0 Å². The average Bonchev–Trinajstić information content (AvgIpc) is 3.38. The van der Waals surface area contributed by atoms with Crippen LogP contribution < -0.4 is 10.5 Å². The predicted molar refractivity (Wildman–Crippen MR) is 146 cm³/mol. The second-order valence-corrected chi connectivity index (χ2v) is 10.7. The number of nitrogens with two attached hydrogens (primary N) is 1. The van der Waals surface area contributed by atoms with Crippen molar-refractivity contribution in [1.82, 2.24) is 14.9 Å². The Hall–Kier alpha value is -3.90. The summed E-state index contributed by atoms with van der Waals surface area (Å²) in [5.74, 6) is 1.50. The summed E-state index contributed by atoms with van der Waals surface area (Å²) in [4.78, 5) is 23.9. The molecule has 1 aromatic heterocycles. The van der Waals surface area contributed by atoms with Gasteiger partial charge in [-0.05, 0) is 56.0 Å². The normalized spacial score (nSPS) is 16.2. The number of nitrogens with zero attached hydrogens (tertiary/aromatic N) is 2. The third-order valence-electron chi connectivity index (χ3n) is 6.63. The number of aromatic nitrogens is 2. The molecule has 5 rings (SSSR count). The number of amides is 1. The Morgan fingerprint density at radius 1 is 1.03 bits per heavy atom. The Morgan fingerprint density at radius 3 is 2.41 bits per heavy atom. The molecule has 190 valence electrons. The van der Waals surface area contributed by atoms with Gasteiger partial charge in [0.15, 0.2) is 0 Å². The lowest BCUT2D eigenvalue weighted by Crippen LogP contribution is -2.48. The largest absolute Gasteiger partial charge is 0.488 e. The van der Waals surface area contributed by atoms with E-state index in [9.17, 15) is 4.79 Å². The van der Waals surface area contributed by atoms with Gasteiger partial charge in [0.1, 0.15) is 17.2 Å². The minimum absolute atomic E-state index is 0.0767. The van der Waals surface area contributed by atoms with Gasteiger partial charge < -0.3 is 20.4 Å². The van der Waals surface area contributed by atoms with Crippen LogP contribution in [0.4, 0.5) is 0 Å². The topological polar surface area (TPSA) is 84.2 Å². The maximum absolute atomic E-state index is 13.8. The van der Waals surface area contributed by atoms with Gasteiger partial charge in [0.25, 0.3) is 0 Å². The molecular formula is C31H34N4O2. The molecule has 0 bridgehead atoms. The van der Waals surface area contributed by atoms with E-state index in [1.807, 2.05) is 98.6 Å². The summed E-state index contributed by atoms with van der Waals surface area (Å²) in [7, 11) is 0. The van der Waals surface area contributed by atoms with E-state index < -0.39 is 6.04 Å². The van der Waals surface area contributed by atoms with Crippen molar-refractivity contribution >= 4 is 5.91 Å². The standard InChI is InChI=1S/C31H34N4O2/c1-31(2,3)37-25-15-13-21(14-16-25)17-26(32)30(36)35-20-24-12-8-7-11-23(24)18-28(35)29-33-19-27(34-29)22-9-5-4-6-10-22/h4-16,19,26,28H,17-18,20,32H2,1-3H3,(H,33,34)/t26-,28-/m0/s1. The first-order valence-corrected chi connectivity index (χ1v) is 12.8. The number of ether oxygens (including phenoxy) is 1. The van der Waals surface area contributed by atoms with Gasteiger partial charge in [-0.3, -0.25) is 4.79 Å². The van der Waals surface area contributed by atoms with Gasteiger partial charge in [-0.25, -0.2) is 4.98 Å². The number of hydrogen-bond donors (Lipinski definition) is 2. The molecule has 6 heteroatoms. The summed E-state index contributed by atoms with van der Waals surface area (Å²) < 4.78 is 5.92. The van der Waals surface area contributed by atoms with E-state index in [1.165, 1.54) is 5.56 Å². The van der Waals surface area contributed by atoms with Crippen molar-refractivity contribution in [3.05, 3.63) is 108 Å². The molecule has 2 heterocycles. The third kappa shape index (κ3) is 5.75. The molecule has 0 fully saturated rings. The Balaban J connectivity index is 1.37. The molecule has 0 saturated carbocycles. The summed E-state index contributed by atoms with van der Waals surface area (Å²) in [5.41, 5.74) is 11.5. The number of hydrogen-bond acceptors (Lipinski definition) is 4. The monoisotopic (exact) mass is 494 g/mol. The van der Waals surface area contributed by atoms with Crippen LogP contribution in [-0.4, -0.2) is 32.4 Å². The quantitative estimate of drug-likeness (QED) is 0.373. The number of H-pyrrole nitrogens is 1. The molecule has 6 nitrogen and oxygen atoms in total.